The molecule has 1 N–H and O–H groups in total. The van der Waals surface area contributed by atoms with Crippen LogP contribution >= 0.6 is 27.3 Å². The van der Waals surface area contributed by atoms with E-state index in [1.165, 1.54) is 0 Å². The third-order valence-electron chi connectivity index (χ3n) is 3.82. The van der Waals surface area contributed by atoms with Crippen molar-refractivity contribution in [1.82, 2.24) is 4.90 Å². The first kappa shape index (κ1) is 19.4. The van der Waals surface area contributed by atoms with Crippen LogP contribution in [0.15, 0.2) is 10.5 Å². The van der Waals surface area contributed by atoms with E-state index in [1.807, 2.05) is 26.8 Å². The first-order valence-electron chi connectivity index (χ1n) is 8.05. The van der Waals surface area contributed by atoms with Crippen LogP contribution in [0.25, 0.3) is 0 Å². The van der Waals surface area contributed by atoms with Gasteiger partial charge in [0, 0.05) is 35.5 Å². The number of methoxy groups -OCH3 is 1. The first-order valence-corrected chi connectivity index (χ1v) is 9.66. The van der Waals surface area contributed by atoms with E-state index in [0.717, 1.165) is 27.1 Å². The van der Waals surface area contributed by atoms with Crippen molar-refractivity contribution in [3.63, 3.8) is 0 Å². The average Bonchev–Trinajstić information content (AvgIpc) is 2.86. The Morgan fingerprint density at radius 3 is 2.58 bits per heavy atom. The van der Waals surface area contributed by atoms with Gasteiger partial charge in [-0.15, -0.1) is 11.3 Å². The summed E-state index contributed by atoms with van der Waals surface area (Å²) in [6, 6.07) is 2.02. The molecule has 1 aliphatic rings. The Balaban J connectivity index is 1.94. The van der Waals surface area contributed by atoms with E-state index in [2.05, 4.69) is 15.9 Å². The van der Waals surface area contributed by atoms with Gasteiger partial charge in [-0.3, -0.25) is 0 Å². The van der Waals surface area contributed by atoms with Crippen molar-refractivity contribution >= 4 is 39.1 Å². The minimum absolute atomic E-state index is 0.175. The van der Waals surface area contributed by atoms with E-state index < -0.39 is 5.60 Å². The number of nitrogens with one attached hydrogen (secondary N) is 1. The van der Waals surface area contributed by atoms with Crippen molar-refractivity contribution in [2.75, 3.05) is 20.2 Å². The van der Waals surface area contributed by atoms with Crippen LogP contribution in [0, 0.1) is 11.3 Å². The number of carbonyl (C=O) groups excluding carboxylic acids is 1. The van der Waals surface area contributed by atoms with Gasteiger partial charge in [-0.1, -0.05) is 0 Å². The fraction of sp³-hybridized carbons (Fsp3) is 0.647. The molecular weight excluding hydrogens is 392 g/mol. The maximum absolute atomic E-state index is 12.1. The zero-order valence-corrected chi connectivity index (χ0v) is 17.1. The van der Waals surface area contributed by atoms with Gasteiger partial charge < -0.3 is 19.8 Å². The van der Waals surface area contributed by atoms with E-state index in [1.54, 1.807) is 23.3 Å². The summed E-state index contributed by atoms with van der Waals surface area (Å²) < 4.78 is 11.5. The van der Waals surface area contributed by atoms with Crippen molar-refractivity contribution in [3.8, 4) is 0 Å². The van der Waals surface area contributed by atoms with Gasteiger partial charge in [-0.25, -0.2) is 4.79 Å². The van der Waals surface area contributed by atoms with Crippen LogP contribution in [0.2, 0.25) is 0 Å². The SMILES string of the molecule is COCc1cc(Br)c(C(=N)C2CCN(C(=O)OC(C)(C)C)CC2)s1. The van der Waals surface area contributed by atoms with E-state index in [-0.39, 0.29) is 12.0 Å². The number of likely N-dealkylation sites (tertiary alicyclic amines) is 1. The summed E-state index contributed by atoms with van der Waals surface area (Å²) in [5.41, 5.74) is 0.179. The molecular formula is C17H25BrN2O3S. The molecule has 2 rings (SSSR count). The maximum Gasteiger partial charge on any atom is 0.410 e. The smallest absolute Gasteiger partial charge is 0.410 e. The molecule has 5 nitrogen and oxygen atoms in total. The fourth-order valence-electron chi connectivity index (χ4n) is 2.68. The molecule has 0 aliphatic carbocycles. The van der Waals surface area contributed by atoms with Gasteiger partial charge in [0.2, 0.25) is 0 Å². The molecule has 0 radical (unpaired) electrons. The van der Waals surface area contributed by atoms with Crippen LogP contribution in [0.4, 0.5) is 4.79 Å². The van der Waals surface area contributed by atoms with Gasteiger partial charge in [0.1, 0.15) is 5.60 Å². The number of hydrogen-bond donors (Lipinski definition) is 1. The van der Waals surface area contributed by atoms with Gasteiger partial charge in [0.05, 0.1) is 17.2 Å². The van der Waals surface area contributed by atoms with Crippen LogP contribution in [-0.2, 0) is 16.1 Å². The molecule has 1 fully saturated rings. The van der Waals surface area contributed by atoms with E-state index in [9.17, 15) is 4.79 Å². The highest BCUT2D eigenvalue weighted by atomic mass is 79.9. The van der Waals surface area contributed by atoms with Crippen molar-refractivity contribution < 1.29 is 14.3 Å². The Labute approximate surface area is 156 Å². The van der Waals surface area contributed by atoms with Crippen LogP contribution in [0.1, 0.15) is 43.4 Å². The quantitative estimate of drug-likeness (QED) is 0.724. The molecule has 1 aromatic heterocycles. The van der Waals surface area contributed by atoms with Gasteiger partial charge in [-0.2, -0.15) is 0 Å². The third-order valence-corrected chi connectivity index (χ3v) is 5.85. The predicted molar refractivity (Wildman–Crippen MR) is 100 cm³/mol. The Hall–Kier alpha value is -0.920. The molecule has 2 heterocycles. The second kappa shape index (κ2) is 7.97. The number of ether oxygens (including phenoxy) is 2. The molecule has 1 saturated heterocycles. The number of amides is 1. The number of thiophene rings is 1. The summed E-state index contributed by atoms with van der Waals surface area (Å²) >= 11 is 5.15. The van der Waals surface area contributed by atoms with Crippen molar-refractivity contribution in [2.45, 2.75) is 45.8 Å². The van der Waals surface area contributed by atoms with Gasteiger partial charge >= 0.3 is 6.09 Å². The van der Waals surface area contributed by atoms with Crippen LogP contribution in [0.3, 0.4) is 0 Å². The first-order chi connectivity index (χ1) is 11.2. The molecule has 24 heavy (non-hydrogen) atoms. The molecule has 0 atom stereocenters. The second-order valence-electron chi connectivity index (χ2n) is 6.98. The highest BCUT2D eigenvalue weighted by Crippen LogP contribution is 2.33. The Morgan fingerprint density at radius 2 is 2.04 bits per heavy atom. The lowest BCUT2D eigenvalue weighted by Gasteiger charge is -2.33. The third kappa shape index (κ3) is 5.04. The molecule has 1 aliphatic heterocycles. The predicted octanol–water partition coefficient (Wildman–Crippen LogP) is 4.67. The lowest BCUT2D eigenvalue weighted by molar-refractivity contribution is 0.0202. The number of rotatable bonds is 4. The van der Waals surface area contributed by atoms with Crippen LogP contribution in [0.5, 0.6) is 0 Å². The number of halogens is 1. The Bertz CT molecular complexity index is 601. The summed E-state index contributed by atoms with van der Waals surface area (Å²) in [5.74, 6) is 0.175. The van der Waals surface area contributed by atoms with E-state index in [0.29, 0.717) is 25.4 Å². The summed E-state index contributed by atoms with van der Waals surface area (Å²) in [6.07, 6.45) is 1.33. The minimum Gasteiger partial charge on any atom is -0.444 e. The highest BCUT2D eigenvalue weighted by Gasteiger charge is 2.30. The van der Waals surface area contributed by atoms with E-state index in [4.69, 9.17) is 14.9 Å². The minimum atomic E-state index is -0.472. The van der Waals surface area contributed by atoms with Gasteiger partial charge in [0.25, 0.3) is 0 Å². The monoisotopic (exact) mass is 416 g/mol. The lowest BCUT2D eigenvalue weighted by Crippen LogP contribution is -2.42. The zero-order valence-electron chi connectivity index (χ0n) is 14.6. The molecule has 1 amide bonds. The number of nitrogens with zero attached hydrogens (tertiary/aromatic N) is 1. The van der Waals surface area contributed by atoms with E-state index >= 15 is 0 Å². The topological polar surface area (TPSA) is 62.6 Å². The van der Waals surface area contributed by atoms with Gasteiger partial charge in [-0.05, 0) is 55.6 Å². The Morgan fingerprint density at radius 1 is 1.42 bits per heavy atom. The standard InChI is InChI=1S/C17H25BrN2O3S/c1-17(2,3)23-16(21)20-7-5-11(6-8-20)14(19)15-13(18)9-12(24-15)10-22-4/h9,11,19H,5-8,10H2,1-4H3. The van der Waals surface area contributed by atoms with Gasteiger partial charge in [0.15, 0.2) is 0 Å². The summed E-state index contributed by atoms with van der Waals surface area (Å²) in [6.45, 7) is 7.46. The number of carbonyl (C=O) groups is 1. The maximum atomic E-state index is 12.1. The molecule has 0 unspecified atom stereocenters. The average molecular weight is 417 g/mol. The molecule has 7 heteroatoms. The van der Waals surface area contributed by atoms with Crippen LogP contribution < -0.4 is 0 Å². The highest BCUT2D eigenvalue weighted by molar-refractivity contribution is 9.10. The lowest BCUT2D eigenvalue weighted by atomic mass is 9.91. The number of piperidine rings is 1. The summed E-state index contributed by atoms with van der Waals surface area (Å²) in [5, 5.41) is 8.53. The molecule has 134 valence electrons. The van der Waals surface area contributed by atoms with Crippen LogP contribution in [-0.4, -0.2) is 42.5 Å². The van der Waals surface area contributed by atoms with Crippen molar-refractivity contribution in [2.24, 2.45) is 5.92 Å². The number of hydrogen-bond acceptors (Lipinski definition) is 5. The molecule has 0 spiro atoms. The zero-order chi connectivity index (χ0) is 17.9. The summed E-state index contributed by atoms with van der Waals surface area (Å²) in [7, 11) is 1.67. The van der Waals surface area contributed by atoms with Crippen molar-refractivity contribution in [3.05, 3.63) is 20.3 Å². The molecule has 0 bridgehead atoms. The molecule has 1 aromatic rings. The summed E-state index contributed by atoms with van der Waals surface area (Å²) in [4.78, 5) is 15.9. The van der Waals surface area contributed by atoms with Crippen molar-refractivity contribution in [1.29, 1.82) is 5.41 Å². The fourth-order valence-corrected chi connectivity index (χ4v) is 4.61. The Kier molecular flexibility index (Phi) is 6.45. The largest absolute Gasteiger partial charge is 0.444 e. The second-order valence-corrected chi connectivity index (χ2v) is 8.97. The molecule has 0 aromatic carbocycles. The normalized spacial score (nSPS) is 16.3. The molecule has 0 saturated carbocycles.